The van der Waals surface area contributed by atoms with Gasteiger partial charge in [0.25, 0.3) is 0 Å². The number of hydrogen-bond acceptors (Lipinski definition) is 15. The molecule has 3 aliphatic carbocycles. The monoisotopic (exact) mass is 1000 g/mol. The van der Waals surface area contributed by atoms with E-state index in [0.717, 1.165) is 52.6 Å². The Hall–Kier alpha value is -3.77. The lowest BCUT2D eigenvalue weighted by Crippen LogP contribution is -2.59. The van der Waals surface area contributed by atoms with Gasteiger partial charge in [-0.3, -0.25) is 9.59 Å². The quantitative estimate of drug-likeness (QED) is 0.153. The number of cyclic esters (lactones) is 1. The van der Waals surface area contributed by atoms with E-state index in [9.17, 15) is 4.79 Å². The molecule has 17 atom stereocenters. The summed E-state index contributed by atoms with van der Waals surface area (Å²) in [6.45, 7) is 10.6. The van der Waals surface area contributed by atoms with Gasteiger partial charge in [-0.15, -0.1) is 11.3 Å². The molecule has 6 aliphatic rings. The number of thiazole rings is 1. The number of likely N-dealkylation sites (N-methyl/N-ethyl adjacent to an activating group) is 1. The second kappa shape index (κ2) is 22.4. The van der Waals surface area contributed by atoms with Crippen LogP contribution in [0.5, 0.6) is 5.75 Å². The Morgan fingerprint density at radius 1 is 0.887 bits per heavy atom. The summed E-state index contributed by atoms with van der Waals surface area (Å²) in [5.41, 5.74) is 3.47. The molecule has 4 fully saturated rings. The molecule has 1 saturated carbocycles. The van der Waals surface area contributed by atoms with Crippen molar-refractivity contribution in [1.29, 1.82) is 0 Å². The number of carbonyl (C=O) groups is 2. The number of esters is 1. The average molecular weight is 1000 g/mol. The van der Waals surface area contributed by atoms with Gasteiger partial charge >= 0.3 is 5.97 Å². The van der Waals surface area contributed by atoms with E-state index in [1.807, 2.05) is 63.2 Å². The van der Waals surface area contributed by atoms with Gasteiger partial charge < -0.3 is 52.8 Å². The number of nitrogens with one attached hydrogen (secondary N) is 1. The minimum atomic E-state index is -0.845. The first-order valence-electron chi connectivity index (χ1n) is 26.1. The summed E-state index contributed by atoms with van der Waals surface area (Å²) < 4.78 is 57.7. The maximum absolute atomic E-state index is 15.5. The topological polar surface area (TPSA) is 145 Å². The van der Waals surface area contributed by atoms with Crippen molar-refractivity contribution in [2.75, 3.05) is 40.7 Å². The molecule has 71 heavy (non-hydrogen) atoms. The number of ketones is 1. The predicted octanol–water partition coefficient (Wildman–Crippen LogP) is 9.74. The smallest absolute Gasteiger partial charge is 0.306 e. The molecule has 4 heterocycles. The lowest BCUT2D eigenvalue weighted by molar-refractivity contribution is -0.314. The molecule has 1 N–H and O–H groups in total. The maximum Gasteiger partial charge on any atom is 0.306 e. The number of nitrogens with zero attached hydrogens (tertiary/aromatic N) is 2. The molecule has 3 saturated heterocycles. The largest absolute Gasteiger partial charge is 0.487 e. The summed E-state index contributed by atoms with van der Waals surface area (Å²) in [5, 5.41) is 4.37. The van der Waals surface area contributed by atoms with Gasteiger partial charge in [-0.1, -0.05) is 62.4 Å². The molecule has 0 bridgehead atoms. The van der Waals surface area contributed by atoms with Gasteiger partial charge in [0.05, 0.1) is 42.2 Å². The highest BCUT2D eigenvalue weighted by Crippen LogP contribution is 2.63. The molecule has 0 amide bonds. The van der Waals surface area contributed by atoms with E-state index in [1.54, 1.807) is 32.7 Å². The van der Waals surface area contributed by atoms with Crippen molar-refractivity contribution in [3.05, 3.63) is 82.4 Å². The third kappa shape index (κ3) is 10.9. The molecule has 0 radical (unpaired) electrons. The second-order valence-electron chi connectivity index (χ2n) is 21.3. The Morgan fingerprint density at radius 2 is 1.63 bits per heavy atom. The van der Waals surface area contributed by atoms with Gasteiger partial charge in [-0.25, -0.2) is 4.98 Å². The molecule has 3 aromatic rings. The highest BCUT2D eigenvalue weighted by atomic mass is 32.1. The normalized spacial score (nSPS) is 37.4. The SMILES string of the molecule is CC[C@H]1CCC[C@H](O[C@]2(C)CC[C@H](N(C)C)C(C)O2)[C@@H](C)C(=O)C2=C[C@@H]3C(c4nc(Nc5ccccc5OCc5ccccc5)sc4C4C[C@@H](O[C@@H]5OC(C)[C@H](OC)C(OC)C5OC)C[C@H]43)[C@@H]2CC(=O)O1. The van der Waals surface area contributed by atoms with Crippen LogP contribution in [0.25, 0.3) is 0 Å². The number of benzene rings is 2. The summed E-state index contributed by atoms with van der Waals surface area (Å²) in [5.74, 6) is -1.52. The summed E-state index contributed by atoms with van der Waals surface area (Å²) in [7, 11) is 9.15. The first-order chi connectivity index (χ1) is 34.2. The number of fused-ring (bicyclic) bond motifs is 8. The van der Waals surface area contributed by atoms with Crippen molar-refractivity contribution in [3.8, 4) is 5.75 Å². The third-order valence-electron chi connectivity index (χ3n) is 16.6. The van der Waals surface area contributed by atoms with Crippen molar-refractivity contribution in [3.63, 3.8) is 0 Å². The molecule has 2 aromatic carbocycles. The molecule has 14 nitrogen and oxygen atoms in total. The van der Waals surface area contributed by atoms with Crippen LogP contribution in [0.3, 0.4) is 0 Å². The first kappa shape index (κ1) is 52.1. The van der Waals surface area contributed by atoms with Crippen LogP contribution in [0, 0.1) is 23.7 Å². The number of methoxy groups -OCH3 is 3. The van der Waals surface area contributed by atoms with E-state index in [0.29, 0.717) is 43.6 Å². The number of hydrogen-bond donors (Lipinski definition) is 1. The van der Waals surface area contributed by atoms with Gasteiger partial charge in [-0.2, -0.15) is 0 Å². The Balaban J connectivity index is 1.06. The van der Waals surface area contributed by atoms with Crippen molar-refractivity contribution < 1.29 is 52.2 Å². The van der Waals surface area contributed by atoms with Crippen LogP contribution in [0.15, 0.2) is 66.2 Å². The van der Waals surface area contributed by atoms with E-state index in [2.05, 4.69) is 56.4 Å². The number of carbonyl (C=O) groups excluding carboxylic acids is 2. The number of allylic oxidation sites excluding steroid dienone is 2. The van der Waals surface area contributed by atoms with Crippen LogP contribution >= 0.6 is 11.3 Å². The highest BCUT2D eigenvalue weighted by molar-refractivity contribution is 7.15. The summed E-state index contributed by atoms with van der Waals surface area (Å²) >= 11 is 1.64. The standard InChI is InChI=1S/C56H77N3O11S/c1-11-35-20-17-23-44(70-56(5)25-24-43(59(6)7)32(3)69-56)31(2)49(61)40-28-38-37-26-36(68-54-52(64-10)51(63-9)50(62-8)33(4)66-54)27-41(37)53-48(47(38)39(40)29-46(60)67-35)58-55(71-53)57-42-21-15-16-22-45(42)65-30-34-18-13-12-14-19-34/h12-16,18-19,21-22,28,31-33,35-39,41,43-44,47,50-52,54H,11,17,20,23-27,29-30H2,1-10H3,(H,57,58)/t31-,32?,33?,35+,36+,37+,38+,39-,41?,43+,44+,47?,50+,51?,52?,54+,56-/m1/s1. The van der Waals surface area contributed by atoms with Crippen LogP contribution in [0.4, 0.5) is 10.8 Å². The van der Waals surface area contributed by atoms with Crippen molar-refractivity contribution in [2.24, 2.45) is 23.7 Å². The van der Waals surface area contributed by atoms with Gasteiger partial charge in [-0.05, 0) is 115 Å². The van der Waals surface area contributed by atoms with Crippen LogP contribution in [-0.4, -0.2) is 124 Å². The lowest BCUT2D eigenvalue weighted by Gasteiger charge is -2.45. The number of ether oxygens (including phenoxy) is 9. The van der Waals surface area contributed by atoms with Crippen LogP contribution in [0.2, 0.25) is 0 Å². The number of rotatable bonds is 14. The Kier molecular flexibility index (Phi) is 16.4. The minimum Gasteiger partial charge on any atom is -0.487 e. The molecular weight excluding hydrogens is 923 g/mol. The molecule has 15 heteroatoms. The lowest BCUT2D eigenvalue weighted by atomic mass is 9.67. The van der Waals surface area contributed by atoms with E-state index in [-0.39, 0.29) is 78.4 Å². The van der Waals surface area contributed by atoms with E-state index < -0.39 is 42.2 Å². The number of anilines is 2. The van der Waals surface area contributed by atoms with Crippen LogP contribution < -0.4 is 10.1 Å². The molecule has 3 aliphatic heterocycles. The van der Waals surface area contributed by atoms with Crippen LogP contribution in [-0.2, 0) is 54.1 Å². The number of Topliss-reactive ketones (excluding diaryl/α,β-unsaturated/α-hetero) is 1. The highest BCUT2D eigenvalue weighted by Gasteiger charge is 2.57. The molecule has 9 rings (SSSR count). The summed E-state index contributed by atoms with van der Waals surface area (Å²) in [6, 6.07) is 18.3. The zero-order valence-corrected chi connectivity index (χ0v) is 44.2. The van der Waals surface area contributed by atoms with Crippen LogP contribution in [0.1, 0.15) is 120 Å². The summed E-state index contributed by atoms with van der Waals surface area (Å²) in [6.07, 6.45) is 5.03. The second-order valence-corrected chi connectivity index (χ2v) is 22.3. The zero-order chi connectivity index (χ0) is 50.1. The Morgan fingerprint density at radius 3 is 2.35 bits per heavy atom. The fraction of sp³-hybridized carbons (Fsp3) is 0.661. The van der Waals surface area contributed by atoms with Gasteiger partial charge in [0.2, 0.25) is 0 Å². The fourth-order valence-electron chi connectivity index (χ4n) is 13.0. The molecular formula is C56H77N3O11S. The molecule has 0 spiro atoms. The third-order valence-corrected chi connectivity index (χ3v) is 17.7. The molecule has 6 unspecified atom stereocenters. The Bertz CT molecular complexity index is 2330. The maximum atomic E-state index is 15.5. The number of aromatic nitrogens is 1. The van der Waals surface area contributed by atoms with Gasteiger partial charge in [0, 0.05) is 62.3 Å². The molecule has 388 valence electrons. The molecule has 1 aromatic heterocycles. The van der Waals surface area contributed by atoms with E-state index in [4.69, 9.17) is 47.6 Å². The summed E-state index contributed by atoms with van der Waals surface area (Å²) in [4.78, 5) is 38.6. The van der Waals surface area contributed by atoms with Gasteiger partial charge in [0.15, 0.2) is 23.0 Å². The van der Waals surface area contributed by atoms with Gasteiger partial charge in [0.1, 0.15) is 36.8 Å². The first-order valence-corrected chi connectivity index (χ1v) is 26.9. The van der Waals surface area contributed by atoms with Crippen molar-refractivity contribution in [1.82, 2.24) is 9.88 Å². The minimum absolute atomic E-state index is 0.0150. The number of para-hydroxylation sites is 2. The Labute approximate surface area is 424 Å². The van der Waals surface area contributed by atoms with Crippen molar-refractivity contribution >= 4 is 33.9 Å². The fourth-order valence-corrected chi connectivity index (χ4v) is 14.2. The van der Waals surface area contributed by atoms with E-state index >= 15 is 4.79 Å². The van der Waals surface area contributed by atoms with E-state index in [1.165, 1.54) is 0 Å². The van der Waals surface area contributed by atoms with Crippen molar-refractivity contribution in [2.45, 2.75) is 178 Å². The predicted molar refractivity (Wildman–Crippen MR) is 271 cm³/mol. The average Bonchev–Trinajstić information content (AvgIpc) is 4.07. The zero-order valence-electron chi connectivity index (χ0n) is 43.4.